The van der Waals surface area contributed by atoms with Gasteiger partial charge in [-0.25, -0.2) is 14.5 Å². The number of aromatic nitrogens is 3. The minimum Gasteiger partial charge on any atom is -0.423 e. The van der Waals surface area contributed by atoms with Crippen LogP contribution in [-0.2, 0) is 4.79 Å². The van der Waals surface area contributed by atoms with E-state index in [1.807, 2.05) is 29.8 Å². The molecule has 0 unspecified atom stereocenters. The van der Waals surface area contributed by atoms with Gasteiger partial charge in [-0.2, -0.15) is 5.10 Å². The fourth-order valence-electron chi connectivity index (χ4n) is 1.70. The first-order chi connectivity index (χ1) is 10.3. The monoisotopic (exact) mass is 297 g/mol. The third kappa shape index (κ3) is 3.43. The number of ether oxygens (including phenoxy) is 1. The van der Waals surface area contributed by atoms with E-state index in [1.165, 1.54) is 17.4 Å². The molecule has 5 nitrogen and oxygen atoms in total. The number of hydrogen-bond donors (Lipinski definition) is 0. The average molecular weight is 297 g/mol. The summed E-state index contributed by atoms with van der Waals surface area (Å²) in [6, 6.07) is 8.97. The number of nitrogens with zero attached hydrogens (tertiary/aromatic N) is 3. The summed E-state index contributed by atoms with van der Waals surface area (Å²) in [5.74, 6) is 0.0497. The summed E-state index contributed by atoms with van der Waals surface area (Å²) in [6.45, 7) is 0. The average Bonchev–Trinajstić information content (AvgIpc) is 3.19. The molecule has 3 aromatic rings. The van der Waals surface area contributed by atoms with Gasteiger partial charge in [-0.3, -0.25) is 0 Å². The van der Waals surface area contributed by atoms with Crippen LogP contribution in [0, 0.1) is 0 Å². The second-order valence-corrected chi connectivity index (χ2v) is 4.83. The lowest BCUT2D eigenvalue weighted by atomic mass is 10.3. The molecule has 2 heterocycles. The Bertz CT molecular complexity index is 732. The van der Waals surface area contributed by atoms with Crippen LogP contribution in [0.1, 0.15) is 5.69 Å². The lowest BCUT2D eigenvalue weighted by molar-refractivity contribution is -0.128. The normalized spacial score (nSPS) is 10.9. The van der Waals surface area contributed by atoms with Crippen molar-refractivity contribution >= 4 is 23.4 Å². The van der Waals surface area contributed by atoms with Crippen LogP contribution in [-0.4, -0.2) is 20.7 Å². The SMILES string of the molecule is O=C(C=Cc1cscn1)Oc1ccc(-n2cccn2)cc1. The molecule has 6 heteroatoms. The zero-order valence-electron chi connectivity index (χ0n) is 10.9. The molecule has 0 fully saturated rings. The Morgan fingerprint density at radius 2 is 2.14 bits per heavy atom. The van der Waals surface area contributed by atoms with Crippen molar-refractivity contribution in [2.75, 3.05) is 0 Å². The smallest absolute Gasteiger partial charge is 0.336 e. The molecule has 0 radical (unpaired) electrons. The van der Waals surface area contributed by atoms with Crippen LogP contribution in [0.15, 0.2) is 59.7 Å². The maximum absolute atomic E-state index is 11.7. The number of rotatable bonds is 4. The van der Waals surface area contributed by atoms with Crippen molar-refractivity contribution in [3.05, 3.63) is 65.4 Å². The number of benzene rings is 1. The molecule has 0 amide bonds. The molecule has 2 aromatic heterocycles. The standard InChI is InChI=1S/C15H11N3O2S/c19-15(7-2-12-10-21-11-16-12)20-14-5-3-13(4-6-14)18-9-1-8-17-18/h1-11H. The Labute approximate surface area is 125 Å². The Morgan fingerprint density at radius 3 is 2.81 bits per heavy atom. The minimum absolute atomic E-state index is 0.435. The van der Waals surface area contributed by atoms with Crippen LogP contribution < -0.4 is 4.74 Å². The molecule has 0 N–H and O–H groups in total. The van der Waals surface area contributed by atoms with Gasteiger partial charge in [0.2, 0.25) is 0 Å². The molecular weight excluding hydrogens is 286 g/mol. The van der Waals surface area contributed by atoms with Crippen LogP contribution >= 0.6 is 11.3 Å². The molecule has 0 aliphatic carbocycles. The van der Waals surface area contributed by atoms with Gasteiger partial charge in [0.1, 0.15) is 5.75 Å². The van der Waals surface area contributed by atoms with E-state index in [-0.39, 0.29) is 0 Å². The lowest BCUT2D eigenvalue weighted by Gasteiger charge is -2.04. The predicted molar refractivity (Wildman–Crippen MR) is 80.3 cm³/mol. The number of carbonyl (C=O) groups is 1. The van der Waals surface area contributed by atoms with Crippen molar-refractivity contribution in [3.63, 3.8) is 0 Å². The van der Waals surface area contributed by atoms with Crippen molar-refractivity contribution < 1.29 is 9.53 Å². The maximum atomic E-state index is 11.7. The molecular formula is C15H11N3O2S. The quantitative estimate of drug-likeness (QED) is 0.422. The van der Waals surface area contributed by atoms with Crippen LogP contribution in [0.25, 0.3) is 11.8 Å². The largest absolute Gasteiger partial charge is 0.423 e. The molecule has 0 saturated heterocycles. The summed E-state index contributed by atoms with van der Waals surface area (Å²) >= 11 is 1.47. The highest BCUT2D eigenvalue weighted by Gasteiger charge is 2.02. The van der Waals surface area contributed by atoms with Crippen LogP contribution in [0.3, 0.4) is 0 Å². The van der Waals surface area contributed by atoms with Crippen LogP contribution in [0.2, 0.25) is 0 Å². The number of thiazole rings is 1. The van der Waals surface area contributed by atoms with E-state index in [0.29, 0.717) is 5.75 Å². The summed E-state index contributed by atoms with van der Waals surface area (Å²) in [5, 5.41) is 5.98. The highest BCUT2D eigenvalue weighted by molar-refractivity contribution is 7.07. The molecule has 21 heavy (non-hydrogen) atoms. The highest BCUT2D eigenvalue weighted by Crippen LogP contribution is 2.15. The van der Waals surface area contributed by atoms with Crippen molar-refractivity contribution in [2.24, 2.45) is 0 Å². The van der Waals surface area contributed by atoms with E-state index in [0.717, 1.165) is 11.4 Å². The van der Waals surface area contributed by atoms with Gasteiger partial charge in [0.15, 0.2) is 0 Å². The van der Waals surface area contributed by atoms with E-state index in [2.05, 4.69) is 10.1 Å². The Morgan fingerprint density at radius 1 is 1.29 bits per heavy atom. The molecule has 3 rings (SSSR count). The first-order valence-corrected chi connectivity index (χ1v) is 7.14. The second-order valence-electron chi connectivity index (χ2n) is 4.11. The second kappa shape index (κ2) is 6.15. The third-order valence-corrected chi connectivity index (χ3v) is 3.27. The zero-order chi connectivity index (χ0) is 14.5. The van der Waals surface area contributed by atoms with E-state index in [1.54, 1.807) is 34.6 Å². The van der Waals surface area contributed by atoms with Crippen molar-refractivity contribution in [2.45, 2.75) is 0 Å². The molecule has 104 valence electrons. The van der Waals surface area contributed by atoms with Gasteiger partial charge < -0.3 is 4.74 Å². The van der Waals surface area contributed by atoms with Crippen molar-refractivity contribution in [3.8, 4) is 11.4 Å². The Hall–Kier alpha value is -2.73. The molecule has 0 aliphatic heterocycles. The van der Waals surface area contributed by atoms with Gasteiger partial charge in [0, 0.05) is 23.8 Å². The summed E-state index contributed by atoms with van der Waals surface area (Å²) < 4.78 is 6.94. The topological polar surface area (TPSA) is 57.0 Å². The Kier molecular flexibility index (Phi) is 3.88. The number of hydrogen-bond acceptors (Lipinski definition) is 5. The van der Waals surface area contributed by atoms with E-state index < -0.39 is 5.97 Å². The molecule has 0 atom stereocenters. The van der Waals surface area contributed by atoms with E-state index >= 15 is 0 Å². The molecule has 0 aliphatic rings. The summed E-state index contributed by atoms with van der Waals surface area (Å²) in [4.78, 5) is 15.7. The van der Waals surface area contributed by atoms with Crippen molar-refractivity contribution in [1.82, 2.24) is 14.8 Å². The maximum Gasteiger partial charge on any atom is 0.336 e. The van der Waals surface area contributed by atoms with Crippen LogP contribution in [0.5, 0.6) is 5.75 Å². The summed E-state index contributed by atoms with van der Waals surface area (Å²) in [5.41, 5.74) is 3.35. The molecule has 0 spiro atoms. The van der Waals surface area contributed by atoms with E-state index in [4.69, 9.17) is 4.74 Å². The fourth-order valence-corrected chi connectivity index (χ4v) is 2.22. The fraction of sp³-hybridized carbons (Fsp3) is 0. The van der Waals surface area contributed by atoms with Gasteiger partial charge in [-0.1, -0.05) is 0 Å². The van der Waals surface area contributed by atoms with Gasteiger partial charge in [0.25, 0.3) is 0 Å². The highest BCUT2D eigenvalue weighted by atomic mass is 32.1. The van der Waals surface area contributed by atoms with Crippen molar-refractivity contribution in [1.29, 1.82) is 0 Å². The van der Waals surface area contributed by atoms with Gasteiger partial charge in [0.05, 0.1) is 16.9 Å². The molecule has 0 saturated carbocycles. The lowest BCUT2D eigenvalue weighted by Crippen LogP contribution is -2.04. The predicted octanol–water partition coefficient (Wildman–Crippen LogP) is 2.95. The third-order valence-electron chi connectivity index (χ3n) is 2.67. The first-order valence-electron chi connectivity index (χ1n) is 6.19. The Balaban J connectivity index is 1.64. The summed E-state index contributed by atoms with van der Waals surface area (Å²) in [7, 11) is 0. The van der Waals surface area contributed by atoms with Gasteiger partial charge in [-0.15, -0.1) is 11.3 Å². The molecule has 1 aromatic carbocycles. The van der Waals surface area contributed by atoms with Gasteiger partial charge in [-0.05, 0) is 36.4 Å². The number of esters is 1. The first kappa shape index (κ1) is 13.3. The minimum atomic E-state index is -0.435. The number of carbonyl (C=O) groups excluding carboxylic acids is 1. The zero-order valence-corrected chi connectivity index (χ0v) is 11.7. The molecule has 0 bridgehead atoms. The van der Waals surface area contributed by atoms with Gasteiger partial charge >= 0.3 is 5.97 Å². The van der Waals surface area contributed by atoms with Crippen LogP contribution in [0.4, 0.5) is 0 Å². The summed E-state index contributed by atoms with van der Waals surface area (Å²) in [6.07, 6.45) is 6.53. The van der Waals surface area contributed by atoms with E-state index in [9.17, 15) is 4.79 Å².